The van der Waals surface area contributed by atoms with E-state index >= 15 is 0 Å². The number of rotatable bonds is 4. The Hall–Kier alpha value is -1.07. The van der Waals surface area contributed by atoms with E-state index in [4.69, 9.17) is 5.73 Å². The van der Waals surface area contributed by atoms with Crippen molar-refractivity contribution in [1.82, 2.24) is 4.72 Å². The molecule has 16 heavy (non-hydrogen) atoms. The van der Waals surface area contributed by atoms with Gasteiger partial charge < -0.3 is 5.73 Å². The smallest absolute Gasteiger partial charge is 0.242 e. The van der Waals surface area contributed by atoms with Gasteiger partial charge in [0.15, 0.2) is 0 Å². The Morgan fingerprint density at radius 1 is 1.44 bits per heavy atom. The Morgan fingerprint density at radius 3 is 2.69 bits per heavy atom. The zero-order valence-electron chi connectivity index (χ0n) is 9.18. The lowest BCUT2D eigenvalue weighted by Gasteiger charge is -2.08. The summed E-state index contributed by atoms with van der Waals surface area (Å²) in [5.41, 5.74) is 5.95. The Balaban J connectivity index is 2.17. The molecule has 2 unspecified atom stereocenters. The van der Waals surface area contributed by atoms with E-state index in [2.05, 4.69) is 11.6 Å². The minimum Gasteiger partial charge on any atom is -0.398 e. The largest absolute Gasteiger partial charge is 0.398 e. The summed E-state index contributed by atoms with van der Waals surface area (Å²) >= 11 is 0. The van der Waals surface area contributed by atoms with Gasteiger partial charge in [0, 0.05) is 6.04 Å². The normalized spacial score (nSPS) is 24.3. The van der Waals surface area contributed by atoms with Crippen molar-refractivity contribution in [2.75, 3.05) is 5.73 Å². The highest BCUT2D eigenvalue weighted by molar-refractivity contribution is 7.89. The van der Waals surface area contributed by atoms with Crippen LogP contribution in [0.1, 0.15) is 19.8 Å². The minimum absolute atomic E-state index is 0.0922. The van der Waals surface area contributed by atoms with Gasteiger partial charge in [0.1, 0.15) is 4.90 Å². The molecule has 1 aromatic rings. The number of hydrogen-bond donors (Lipinski definition) is 2. The lowest BCUT2D eigenvalue weighted by molar-refractivity contribution is 0.576. The molecule has 0 spiro atoms. The maximum absolute atomic E-state index is 12.0. The van der Waals surface area contributed by atoms with Crippen LogP contribution < -0.4 is 10.5 Å². The average molecular weight is 240 g/mol. The fourth-order valence-electron chi connectivity index (χ4n) is 1.83. The predicted octanol–water partition coefficient (Wildman–Crippen LogP) is 1.35. The molecule has 3 N–H and O–H groups in total. The molecular weight excluding hydrogens is 224 g/mol. The van der Waals surface area contributed by atoms with Crippen molar-refractivity contribution in [3.63, 3.8) is 0 Å². The van der Waals surface area contributed by atoms with E-state index in [1.165, 1.54) is 6.07 Å². The lowest BCUT2D eigenvalue weighted by Crippen LogP contribution is -2.27. The second kappa shape index (κ2) is 4.07. The van der Waals surface area contributed by atoms with Crippen molar-refractivity contribution in [2.24, 2.45) is 5.92 Å². The van der Waals surface area contributed by atoms with Gasteiger partial charge in [-0.15, -0.1) is 0 Å². The van der Waals surface area contributed by atoms with E-state index in [1.807, 2.05) is 0 Å². The molecule has 0 radical (unpaired) electrons. The molecule has 0 amide bonds. The van der Waals surface area contributed by atoms with Gasteiger partial charge in [0.2, 0.25) is 10.0 Å². The number of benzene rings is 1. The second-order valence-corrected chi connectivity index (χ2v) is 5.85. The van der Waals surface area contributed by atoms with E-state index in [0.717, 1.165) is 12.8 Å². The Morgan fingerprint density at radius 2 is 2.12 bits per heavy atom. The van der Waals surface area contributed by atoms with Crippen LogP contribution in [0.4, 0.5) is 5.69 Å². The molecular formula is C11H16N2O2S. The summed E-state index contributed by atoms with van der Waals surface area (Å²) in [7, 11) is -3.45. The number of nitrogens with two attached hydrogens (primary N) is 1. The molecule has 2 atom stereocenters. The topological polar surface area (TPSA) is 72.2 Å². The number of nitrogen functional groups attached to an aromatic ring is 1. The molecule has 1 aliphatic carbocycles. The van der Waals surface area contributed by atoms with Crippen LogP contribution in [0.2, 0.25) is 0 Å². The van der Waals surface area contributed by atoms with Crippen LogP contribution in [-0.2, 0) is 10.0 Å². The first-order chi connectivity index (χ1) is 7.54. The third-order valence-electron chi connectivity index (χ3n) is 2.96. The second-order valence-electron chi connectivity index (χ2n) is 4.17. The molecule has 1 saturated carbocycles. The van der Waals surface area contributed by atoms with E-state index in [1.54, 1.807) is 18.2 Å². The van der Waals surface area contributed by atoms with Crippen molar-refractivity contribution in [1.29, 1.82) is 0 Å². The standard InChI is InChI=1S/C11H16N2O2S/c1-2-8-7-10(8)13-16(14,15)11-6-4-3-5-9(11)12/h3-6,8,10,13H,2,7,12H2,1H3. The molecule has 0 heterocycles. The first-order valence-corrected chi connectivity index (χ1v) is 6.89. The van der Waals surface area contributed by atoms with E-state index in [0.29, 0.717) is 11.6 Å². The van der Waals surface area contributed by atoms with E-state index < -0.39 is 10.0 Å². The van der Waals surface area contributed by atoms with Gasteiger partial charge in [-0.2, -0.15) is 0 Å². The molecule has 0 aliphatic heterocycles. The highest BCUT2D eigenvalue weighted by atomic mass is 32.2. The highest BCUT2D eigenvalue weighted by Crippen LogP contribution is 2.34. The molecule has 1 aromatic carbocycles. The fraction of sp³-hybridized carbons (Fsp3) is 0.455. The summed E-state index contributed by atoms with van der Waals surface area (Å²) in [6, 6.07) is 6.62. The number of nitrogens with one attached hydrogen (secondary N) is 1. The maximum Gasteiger partial charge on any atom is 0.242 e. The van der Waals surface area contributed by atoms with Gasteiger partial charge in [0.05, 0.1) is 5.69 Å². The predicted molar refractivity (Wildman–Crippen MR) is 63.4 cm³/mol. The van der Waals surface area contributed by atoms with Crippen molar-refractivity contribution >= 4 is 15.7 Å². The summed E-state index contributed by atoms with van der Waals surface area (Å²) in [6.45, 7) is 2.07. The van der Waals surface area contributed by atoms with Crippen molar-refractivity contribution in [3.05, 3.63) is 24.3 Å². The molecule has 5 heteroatoms. The summed E-state index contributed by atoms with van der Waals surface area (Å²) < 4.78 is 26.6. The van der Waals surface area contributed by atoms with E-state index in [-0.39, 0.29) is 10.9 Å². The summed E-state index contributed by atoms with van der Waals surface area (Å²) in [6.07, 6.45) is 1.94. The third kappa shape index (κ3) is 2.20. The van der Waals surface area contributed by atoms with Crippen molar-refractivity contribution in [2.45, 2.75) is 30.7 Å². The van der Waals surface area contributed by atoms with Crippen LogP contribution in [-0.4, -0.2) is 14.5 Å². The first kappa shape index (κ1) is 11.4. The number of hydrogen-bond acceptors (Lipinski definition) is 3. The van der Waals surface area contributed by atoms with Crippen LogP contribution in [0.25, 0.3) is 0 Å². The summed E-state index contributed by atoms with van der Waals surface area (Å²) in [5, 5.41) is 0. The first-order valence-electron chi connectivity index (χ1n) is 5.41. The molecule has 1 fully saturated rings. The molecule has 0 saturated heterocycles. The molecule has 4 nitrogen and oxygen atoms in total. The highest BCUT2D eigenvalue weighted by Gasteiger charge is 2.38. The van der Waals surface area contributed by atoms with Gasteiger partial charge in [0.25, 0.3) is 0 Å². The number of anilines is 1. The molecule has 0 aromatic heterocycles. The monoisotopic (exact) mass is 240 g/mol. The van der Waals surface area contributed by atoms with Crippen LogP contribution >= 0.6 is 0 Å². The Labute approximate surface area is 95.9 Å². The molecule has 2 rings (SSSR count). The number of para-hydroxylation sites is 1. The SMILES string of the molecule is CCC1CC1NS(=O)(=O)c1ccccc1N. The van der Waals surface area contributed by atoms with Gasteiger partial charge in [-0.25, -0.2) is 13.1 Å². The Kier molecular flexibility index (Phi) is 2.90. The third-order valence-corrected chi connectivity index (χ3v) is 4.53. The summed E-state index contributed by atoms with van der Waals surface area (Å²) in [4.78, 5) is 0.178. The van der Waals surface area contributed by atoms with Gasteiger partial charge in [-0.05, 0) is 24.5 Å². The van der Waals surface area contributed by atoms with E-state index in [9.17, 15) is 8.42 Å². The maximum atomic E-state index is 12.0. The molecule has 88 valence electrons. The van der Waals surface area contributed by atoms with Gasteiger partial charge in [-0.1, -0.05) is 25.5 Å². The molecule has 1 aliphatic rings. The van der Waals surface area contributed by atoms with Gasteiger partial charge in [-0.3, -0.25) is 0 Å². The fourth-order valence-corrected chi connectivity index (χ4v) is 3.28. The van der Waals surface area contributed by atoms with Crippen molar-refractivity contribution < 1.29 is 8.42 Å². The lowest BCUT2D eigenvalue weighted by atomic mass is 10.3. The van der Waals surface area contributed by atoms with Crippen LogP contribution in [0.5, 0.6) is 0 Å². The average Bonchev–Trinajstić information content (AvgIpc) is 2.96. The van der Waals surface area contributed by atoms with Gasteiger partial charge >= 0.3 is 0 Å². The number of sulfonamides is 1. The minimum atomic E-state index is -3.45. The van der Waals surface area contributed by atoms with Crippen LogP contribution in [0.15, 0.2) is 29.2 Å². The molecule has 0 bridgehead atoms. The zero-order valence-corrected chi connectivity index (χ0v) is 10.00. The summed E-state index contributed by atoms with van der Waals surface area (Å²) in [5.74, 6) is 0.486. The van der Waals surface area contributed by atoms with Crippen molar-refractivity contribution in [3.8, 4) is 0 Å². The quantitative estimate of drug-likeness (QED) is 0.780. The van der Waals surface area contributed by atoms with Crippen LogP contribution in [0, 0.1) is 5.92 Å². The zero-order chi connectivity index (χ0) is 11.8. The Bertz CT molecular complexity index is 485. The van der Waals surface area contributed by atoms with Crippen LogP contribution in [0.3, 0.4) is 0 Å².